The summed E-state index contributed by atoms with van der Waals surface area (Å²) in [5.74, 6) is 0.466. The molecule has 2 aliphatic rings. The van der Waals surface area contributed by atoms with Gasteiger partial charge in [-0.1, -0.05) is 24.6 Å². The van der Waals surface area contributed by atoms with E-state index in [1.165, 1.54) is 4.90 Å². The number of hydrogen-bond acceptors (Lipinski definition) is 4. The SMILES string of the molecule is CSc1ccc2cc(CN3C(=O)NC4(CCC(C)CC4)C3=O)c(Cl)nc2c1. The maximum Gasteiger partial charge on any atom is 0.325 e. The van der Waals surface area contributed by atoms with E-state index in [2.05, 4.69) is 17.2 Å². The molecule has 0 radical (unpaired) electrons. The first-order valence-electron chi connectivity index (χ1n) is 9.19. The Labute approximate surface area is 167 Å². The number of aromatic nitrogens is 1. The molecular weight excluding hydrogens is 382 g/mol. The number of pyridine rings is 1. The molecule has 0 unspecified atom stereocenters. The van der Waals surface area contributed by atoms with Crippen LogP contribution in [0.15, 0.2) is 29.2 Å². The summed E-state index contributed by atoms with van der Waals surface area (Å²) in [4.78, 5) is 32.4. The number of benzene rings is 1. The van der Waals surface area contributed by atoms with Crippen LogP contribution in [0.25, 0.3) is 10.9 Å². The van der Waals surface area contributed by atoms with Gasteiger partial charge < -0.3 is 5.32 Å². The molecule has 4 rings (SSSR count). The average molecular weight is 404 g/mol. The predicted octanol–water partition coefficient (Wildman–Crippen LogP) is 4.61. The van der Waals surface area contributed by atoms with Gasteiger partial charge in [0.1, 0.15) is 10.7 Å². The van der Waals surface area contributed by atoms with E-state index in [-0.39, 0.29) is 18.5 Å². The van der Waals surface area contributed by atoms with Gasteiger partial charge in [-0.25, -0.2) is 9.78 Å². The highest BCUT2D eigenvalue weighted by Gasteiger charge is 2.52. The lowest BCUT2D eigenvalue weighted by molar-refractivity contribution is -0.133. The van der Waals surface area contributed by atoms with E-state index in [0.29, 0.717) is 29.5 Å². The Morgan fingerprint density at radius 3 is 2.74 bits per heavy atom. The third-order valence-electron chi connectivity index (χ3n) is 5.75. The van der Waals surface area contributed by atoms with Gasteiger partial charge in [0, 0.05) is 15.8 Å². The summed E-state index contributed by atoms with van der Waals surface area (Å²) in [6, 6.07) is 7.59. The number of fused-ring (bicyclic) bond motifs is 1. The Hall–Kier alpha value is -1.79. The maximum absolute atomic E-state index is 13.0. The highest BCUT2D eigenvalue weighted by molar-refractivity contribution is 7.98. The Balaban J connectivity index is 1.61. The number of nitrogens with one attached hydrogen (secondary N) is 1. The zero-order valence-corrected chi connectivity index (χ0v) is 17.0. The largest absolute Gasteiger partial charge is 0.325 e. The lowest BCUT2D eigenvalue weighted by Gasteiger charge is -2.33. The summed E-state index contributed by atoms with van der Waals surface area (Å²) in [6.07, 6.45) is 5.33. The first-order valence-corrected chi connectivity index (χ1v) is 10.8. The van der Waals surface area contributed by atoms with Crippen molar-refractivity contribution in [3.63, 3.8) is 0 Å². The molecule has 27 heavy (non-hydrogen) atoms. The van der Waals surface area contributed by atoms with Gasteiger partial charge in [0.15, 0.2) is 0 Å². The maximum atomic E-state index is 13.0. The van der Waals surface area contributed by atoms with Crippen molar-refractivity contribution in [2.45, 2.75) is 49.6 Å². The third kappa shape index (κ3) is 3.29. The van der Waals surface area contributed by atoms with Gasteiger partial charge in [0.2, 0.25) is 0 Å². The van der Waals surface area contributed by atoms with E-state index < -0.39 is 5.54 Å². The van der Waals surface area contributed by atoms with Crippen LogP contribution in [0, 0.1) is 5.92 Å². The average Bonchev–Trinajstić information content (AvgIpc) is 2.88. The predicted molar refractivity (Wildman–Crippen MR) is 108 cm³/mol. The second-order valence-electron chi connectivity index (χ2n) is 7.58. The number of rotatable bonds is 3. The fourth-order valence-electron chi connectivity index (χ4n) is 3.99. The van der Waals surface area contributed by atoms with Crippen molar-refractivity contribution in [2.24, 2.45) is 5.92 Å². The number of thioether (sulfide) groups is 1. The Kier molecular flexibility index (Phi) is 4.80. The van der Waals surface area contributed by atoms with Crippen LogP contribution in [0.2, 0.25) is 5.15 Å². The van der Waals surface area contributed by atoms with Gasteiger partial charge in [-0.3, -0.25) is 9.69 Å². The number of urea groups is 1. The zero-order chi connectivity index (χ0) is 19.2. The fraction of sp³-hybridized carbons (Fsp3) is 0.450. The minimum Gasteiger partial charge on any atom is -0.323 e. The van der Waals surface area contributed by atoms with Crippen molar-refractivity contribution in [3.05, 3.63) is 35.0 Å². The van der Waals surface area contributed by atoms with Gasteiger partial charge in [0.25, 0.3) is 5.91 Å². The van der Waals surface area contributed by atoms with Crippen molar-refractivity contribution in [1.29, 1.82) is 0 Å². The molecule has 2 aromatic rings. The molecule has 5 nitrogen and oxygen atoms in total. The van der Waals surface area contributed by atoms with Crippen LogP contribution < -0.4 is 5.32 Å². The molecule has 3 amide bonds. The summed E-state index contributed by atoms with van der Waals surface area (Å²) in [5, 5.41) is 4.23. The monoisotopic (exact) mass is 403 g/mol. The van der Waals surface area contributed by atoms with E-state index >= 15 is 0 Å². The lowest BCUT2D eigenvalue weighted by Crippen LogP contribution is -2.49. The summed E-state index contributed by atoms with van der Waals surface area (Å²) < 4.78 is 0. The highest BCUT2D eigenvalue weighted by atomic mass is 35.5. The van der Waals surface area contributed by atoms with Crippen LogP contribution in [0.1, 0.15) is 38.2 Å². The van der Waals surface area contributed by atoms with Gasteiger partial charge in [-0.05, 0) is 56.1 Å². The molecule has 1 aliphatic heterocycles. The molecular formula is C20H22ClN3O2S. The summed E-state index contributed by atoms with van der Waals surface area (Å²) in [6.45, 7) is 2.34. The van der Waals surface area contributed by atoms with Crippen molar-refractivity contribution in [1.82, 2.24) is 15.2 Å². The van der Waals surface area contributed by atoms with Gasteiger partial charge in [-0.2, -0.15) is 0 Å². The van der Waals surface area contributed by atoms with Crippen LogP contribution in [0.3, 0.4) is 0 Å². The van der Waals surface area contributed by atoms with E-state index in [4.69, 9.17) is 11.6 Å². The summed E-state index contributed by atoms with van der Waals surface area (Å²) >= 11 is 8.03. The van der Waals surface area contributed by atoms with Crippen LogP contribution in [0.4, 0.5) is 4.79 Å². The molecule has 7 heteroatoms. The van der Waals surface area contributed by atoms with Crippen molar-refractivity contribution >= 4 is 46.2 Å². The van der Waals surface area contributed by atoms with Crippen molar-refractivity contribution in [3.8, 4) is 0 Å². The number of nitrogens with zero attached hydrogens (tertiary/aromatic N) is 2. The van der Waals surface area contributed by atoms with Crippen LogP contribution >= 0.6 is 23.4 Å². The minimum atomic E-state index is -0.729. The molecule has 0 atom stereocenters. The van der Waals surface area contributed by atoms with Crippen LogP contribution in [-0.2, 0) is 11.3 Å². The molecule has 2 heterocycles. The fourth-order valence-corrected chi connectivity index (χ4v) is 4.63. The molecule has 142 valence electrons. The van der Waals surface area contributed by atoms with Crippen LogP contribution in [0.5, 0.6) is 0 Å². The molecule has 0 bridgehead atoms. The first-order chi connectivity index (χ1) is 12.9. The van der Waals surface area contributed by atoms with E-state index in [0.717, 1.165) is 28.6 Å². The molecule has 2 fully saturated rings. The number of halogens is 1. The number of imide groups is 1. The molecule has 1 aromatic heterocycles. The molecule has 1 aliphatic carbocycles. The van der Waals surface area contributed by atoms with Gasteiger partial charge in [-0.15, -0.1) is 11.8 Å². The van der Waals surface area contributed by atoms with Gasteiger partial charge >= 0.3 is 6.03 Å². The van der Waals surface area contributed by atoms with Crippen molar-refractivity contribution in [2.75, 3.05) is 6.26 Å². The molecule has 1 saturated heterocycles. The quantitative estimate of drug-likeness (QED) is 0.461. The van der Waals surface area contributed by atoms with E-state index in [1.54, 1.807) is 11.8 Å². The zero-order valence-electron chi connectivity index (χ0n) is 15.4. The highest BCUT2D eigenvalue weighted by Crippen LogP contribution is 2.37. The summed E-state index contributed by atoms with van der Waals surface area (Å²) in [5.41, 5.74) is 0.768. The topological polar surface area (TPSA) is 62.3 Å². The number of carbonyl (C=O) groups excluding carboxylic acids is 2. The standard InChI is InChI=1S/C20H22ClN3O2S/c1-12-5-7-20(8-6-12)18(25)24(19(26)23-20)11-14-9-13-3-4-15(27-2)10-16(13)22-17(14)21/h3-4,9-10,12H,5-8,11H2,1-2H3,(H,23,26). The van der Waals surface area contributed by atoms with Gasteiger partial charge in [0.05, 0.1) is 12.1 Å². The minimum absolute atomic E-state index is 0.131. The second kappa shape index (κ2) is 6.99. The Morgan fingerprint density at radius 1 is 1.30 bits per heavy atom. The lowest BCUT2D eigenvalue weighted by atomic mass is 9.77. The number of carbonyl (C=O) groups is 2. The first kappa shape index (κ1) is 18.6. The van der Waals surface area contributed by atoms with E-state index in [1.807, 2.05) is 30.5 Å². The normalized spacial score (nSPS) is 25.4. The number of hydrogen-bond donors (Lipinski definition) is 1. The molecule has 1 N–H and O–H groups in total. The molecule has 1 saturated carbocycles. The van der Waals surface area contributed by atoms with Crippen LogP contribution in [-0.4, -0.2) is 33.6 Å². The Bertz CT molecular complexity index is 925. The molecule has 1 spiro atoms. The third-order valence-corrected chi connectivity index (χ3v) is 6.81. The summed E-state index contributed by atoms with van der Waals surface area (Å²) in [7, 11) is 0. The molecule has 1 aromatic carbocycles. The number of amides is 3. The van der Waals surface area contributed by atoms with E-state index in [9.17, 15) is 9.59 Å². The van der Waals surface area contributed by atoms with Crippen molar-refractivity contribution < 1.29 is 9.59 Å². The second-order valence-corrected chi connectivity index (χ2v) is 8.82. The smallest absolute Gasteiger partial charge is 0.323 e. The Morgan fingerprint density at radius 2 is 2.04 bits per heavy atom.